The van der Waals surface area contributed by atoms with E-state index in [4.69, 9.17) is 9.47 Å². The highest BCUT2D eigenvalue weighted by Gasteiger charge is 2.25. The molecule has 8 heteroatoms. The van der Waals surface area contributed by atoms with Crippen LogP contribution < -0.4 is 4.74 Å². The first-order chi connectivity index (χ1) is 15.2. The second kappa shape index (κ2) is 9.26. The lowest BCUT2D eigenvalue weighted by Crippen LogP contribution is -2.18. The van der Waals surface area contributed by atoms with Crippen LogP contribution in [0.15, 0.2) is 59.9 Å². The smallest absolute Gasteiger partial charge is 0.319 e. The molecule has 0 spiro atoms. The van der Waals surface area contributed by atoms with Crippen LogP contribution in [0.25, 0.3) is 28.0 Å². The van der Waals surface area contributed by atoms with Crippen molar-refractivity contribution in [2.75, 3.05) is 13.7 Å². The number of H-pyrrole nitrogens is 1. The summed E-state index contributed by atoms with van der Waals surface area (Å²) < 4.78 is 12.5. The zero-order chi connectivity index (χ0) is 21.8. The number of benzene rings is 2. The van der Waals surface area contributed by atoms with Gasteiger partial charge in [-0.3, -0.25) is 9.36 Å². The number of aromatic nitrogens is 4. The van der Waals surface area contributed by atoms with E-state index in [0.29, 0.717) is 24.0 Å². The first-order valence-electron chi connectivity index (χ1n) is 10.2. The lowest BCUT2D eigenvalue weighted by Gasteiger charge is -2.14. The van der Waals surface area contributed by atoms with Gasteiger partial charge in [0, 0.05) is 28.4 Å². The number of fused-ring (bicyclic) bond motifs is 1. The van der Waals surface area contributed by atoms with E-state index in [1.807, 2.05) is 67.1 Å². The van der Waals surface area contributed by atoms with E-state index in [1.54, 1.807) is 0 Å². The average molecular weight is 437 g/mol. The Bertz CT molecular complexity index is 1180. The number of nitrogens with one attached hydrogen (secondary N) is 1. The maximum atomic E-state index is 12.2. The number of carbonyl (C=O) groups excluding carboxylic acids is 1. The topological polar surface area (TPSA) is 82.0 Å². The highest BCUT2D eigenvalue weighted by molar-refractivity contribution is 8.00. The molecule has 2 aromatic heterocycles. The van der Waals surface area contributed by atoms with Crippen molar-refractivity contribution < 1.29 is 14.3 Å². The Morgan fingerprint density at radius 3 is 2.61 bits per heavy atom. The van der Waals surface area contributed by atoms with Crippen molar-refractivity contribution in [3.05, 3.63) is 54.7 Å². The molecule has 1 N–H and O–H groups in total. The van der Waals surface area contributed by atoms with Crippen LogP contribution in [-0.4, -0.2) is 44.7 Å². The summed E-state index contributed by atoms with van der Waals surface area (Å²) in [5.41, 5.74) is 2.85. The summed E-state index contributed by atoms with van der Waals surface area (Å²) in [4.78, 5) is 15.5. The standard InChI is InChI=1S/C23H24N4O3S/c1-4-20(22(28)29-3)31-23-26-25-21(18-14-24-19-9-7-6-8-17(18)19)27(23)15-10-12-16(13-11-15)30-5-2/h6-14,20,24H,4-5H2,1-3H3/t20-/m1/s1. The van der Waals surface area contributed by atoms with Crippen molar-refractivity contribution in [2.24, 2.45) is 0 Å². The van der Waals surface area contributed by atoms with Crippen LogP contribution in [-0.2, 0) is 9.53 Å². The van der Waals surface area contributed by atoms with Crippen LogP contribution in [0.4, 0.5) is 0 Å². The molecule has 0 saturated carbocycles. The molecule has 0 amide bonds. The first kappa shape index (κ1) is 21.0. The number of hydrogen-bond donors (Lipinski definition) is 1. The van der Waals surface area contributed by atoms with Crippen LogP contribution in [0.3, 0.4) is 0 Å². The van der Waals surface area contributed by atoms with Crippen molar-refractivity contribution in [3.8, 4) is 22.8 Å². The van der Waals surface area contributed by atoms with Gasteiger partial charge in [-0.1, -0.05) is 36.9 Å². The van der Waals surface area contributed by atoms with Gasteiger partial charge in [0.1, 0.15) is 11.0 Å². The van der Waals surface area contributed by atoms with Gasteiger partial charge >= 0.3 is 5.97 Å². The van der Waals surface area contributed by atoms with Gasteiger partial charge in [-0.15, -0.1) is 10.2 Å². The van der Waals surface area contributed by atoms with Gasteiger partial charge in [-0.2, -0.15) is 0 Å². The zero-order valence-electron chi connectivity index (χ0n) is 17.7. The number of carbonyl (C=O) groups is 1. The molecule has 0 saturated heterocycles. The number of para-hydroxylation sites is 1. The monoisotopic (exact) mass is 436 g/mol. The fourth-order valence-corrected chi connectivity index (χ4v) is 4.42. The number of nitrogens with zero attached hydrogens (tertiary/aromatic N) is 3. The van der Waals surface area contributed by atoms with Gasteiger partial charge in [0.25, 0.3) is 0 Å². The Labute approximate surface area is 184 Å². The third kappa shape index (κ3) is 4.16. The minimum Gasteiger partial charge on any atom is -0.494 e. The third-order valence-electron chi connectivity index (χ3n) is 4.95. The van der Waals surface area contributed by atoms with Crippen molar-refractivity contribution in [1.82, 2.24) is 19.7 Å². The molecule has 0 fully saturated rings. The molecular formula is C23H24N4O3S. The number of esters is 1. The zero-order valence-corrected chi connectivity index (χ0v) is 18.5. The maximum Gasteiger partial charge on any atom is 0.319 e. The molecule has 2 heterocycles. The molecule has 4 aromatic rings. The van der Waals surface area contributed by atoms with Crippen LogP contribution in [0.2, 0.25) is 0 Å². The molecular weight excluding hydrogens is 412 g/mol. The highest BCUT2D eigenvalue weighted by Crippen LogP contribution is 2.34. The molecule has 0 aliphatic rings. The van der Waals surface area contributed by atoms with Crippen molar-refractivity contribution >= 4 is 28.6 Å². The maximum absolute atomic E-state index is 12.2. The van der Waals surface area contributed by atoms with Gasteiger partial charge < -0.3 is 14.5 Å². The summed E-state index contributed by atoms with van der Waals surface area (Å²) in [5, 5.41) is 10.3. The second-order valence-corrected chi connectivity index (χ2v) is 8.02. The molecule has 7 nitrogen and oxygen atoms in total. The quantitative estimate of drug-likeness (QED) is 0.314. The number of methoxy groups -OCH3 is 1. The van der Waals surface area contributed by atoms with E-state index < -0.39 is 0 Å². The fourth-order valence-electron chi connectivity index (χ4n) is 3.42. The van der Waals surface area contributed by atoms with Crippen LogP contribution >= 0.6 is 11.8 Å². The summed E-state index contributed by atoms with van der Waals surface area (Å²) in [7, 11) is 1.40. The van der Waals surface area contributed by atoms with E-state index in [0.717, 1.165) is 27.9 Å². The SMILES string of the molecule is CCOc1ccc(-n2c(S[C@H](CC)C(=O)OC)nnc2-c2c[nH]c3ccccc23)cc1. The minimum absolute atomic E-state index is 0.276. The molecule has 0 aliphatic heterocycles. The van der Waals surface area contributed by atoms with E-state index in [-0.39, 0.29) is 11.2 Å². The molecule has 0 aliphatic carbocycles. The normalized spacial score (nSPS) is 12.1. The van der Waals surface area contributed by atoms with Gasteiger partial charge in [-0.25, -0.2) is 0 Å². The number of hydrogen-bond acceptors (Lipinski definition) is 6. The molecule has 1 atom stereocenters. The summed E-state index contributed by atoms with van der Waals surface area (Å²) in [6.07, 6.45) is 2.56. The fraction of sp³-hybridized carbons (Fsp3) is 0.261. The largest absolute Gasteiger partial charge is 0.494 e. The van der Waals surface area contributed by atoms with Crippen LogP contribution in [0.5, 0.6) is 5.75 Å². The van der Waals surface area contributed by atoms with Gasteiger partial charge in [0.2, 0.25) is 0 Å². The molecule has 31 heavy (non-hydrogen) atoms. The number of rotatable bonds is 8. The first-order valence-corrected chi connectivity index (χ1v) is 11.0. The van der Waals surface area contributed by atoms with Gasteiger partial charge in [-0.05, 0) is 43.7 Å². The van der Waals surface area contributed by atoms with Gasteiger partial charge in [0.15, 0.2) is 11.0 Å². The van der Waals surface area contributed by atoms with E-state index in [1.165, 1.54) is 18.9 Å². The summed E-state index contributed by atoms with van der Waals surface area (Å²) in [5.74, 6) is 1.22. The average Bonchev–Trinajstić information content (AvgIpc) is 3.41. The molecule has 160 valence electrons. The molecule has 0 radical (unpaired) electrons. The predicted octanol–water partition coefficient (Wildman–Crippen LogP) is 4.86. The Morgan fingerprint density at radius 2 is 1.90 bits per heavy atom. The predicted molar refractivity (Wildman–Crippen MR) is 122 cm³/mol. The van der Waals surface area contributed by atoms with Crippen molar-refractivity contribution in [3.63, 3.8) is 0 Å². The van der Waals surface area contributed by atoms with Crippen LogP contribution in [0, 0.1) is 0 Å². The Hall–Kier alpha value is -3.26. The summed E-state index contributed by atoms with van der Waals surface area (Å²) in [6, 6.07) is 15.8. The summed E-state index contributed by atoms with van der Waals surface area (Å²) >= 11 is 1.35. The lowest BCUT2D eigenvalue weighted by molar-refractivity contribution is -0.140. The molecule has 4 rings (SSSR count). The number of aromatic amines is 1. The second-order valence-electron chi connectivity index (χ2n) is 6.85. The van der Waals surface area contributed by atoms with E-state index in [2.05, 4.69) is 21.2 Å². The lowest BCUT2D eigenvalue weighted by atomic mass is 10.1. The number of thioether (sulfide) groups is 1. The Kier molecular flexibility index (Phi) is 6.27. The summed E-state index contributed by atoms with van der Waals surface area (Å²) in [6.45, 7) is 4.51. The molecule has 0 bridgehead atoms. The van der Waals surface area contributed by atoms with Crippen LogP contribution in [0.1, 0.15) is 20.3 Å². The van der Waals surface area contributed by atoms with Crippen molar-refractivity contribution in [1.29, 1.82) is 0 Å². The highest BCUT2D eigenvalue weighted by atomic mass is 32.2. The van der Waals surface area contributed by atoms with Gasteiger partial charge in [0.05, 0.1) is 13.7 Å². The van der Waals surface area contributed by atoms with Crippen molar-refractivity contribution in [2.45, 2.75) is 30.7 Å². The Balaban J connectivity index is 1.83. The molecule has 0 unspecified atom stereocenters. The Morgan fingerprint density at radius 1 is 1.13 bits per heavy atom. The van der Waals surface area contributed by atoms with E-state index >= 15 is 0 Å². The minimum atomic E-state index is -0.369. The van der Waals surface area contributed by atoms with E-state index in [9.17, 15) is 4.79 Å². The molecule has 2 aromatic carbocycles. The number of ether oxygens (including phenoxy) is 2. The third-order valence-corrected chi connectivity index (χ3v) is 6.24.